The fraction of sp³-hybridized carbons (Fsp3) is 0.375. The topological polar surface area (TPSA) is 38.9 Å². The van der Waals surface area contributed by atoms with Crippen molar-refractivity contribution in [2.45, 2.75) is 19.4 Å². The van der Waals surface area contributed by atoms with E-state index in [2.05, 4.69) is 4.98 Å². The largest absolute Gasteiger partial charge is 0.328 e. The van der Waals surface area contributed by atoms with E-state index in [0.29, 0.717) is 10.2 Å². The van der Waals surface area contributed by atoms with Crippen molar-refractivity contribution in [1.82, 2.24) is 4.98 Å². The molecule has 0 aromatic carbocycles. The minimum atomic E-state index is 0.0842. The predicted molar refractivity (Wildman–Crippen MR) is 51.6 cm³/mol. The molecule has 0 radical (unpaired) electrons. The molecular weight excluding hydrogens is 195 g/mol. The number of rotatable bonds is 2. The van der Waals surface area contributed by atoms with E-state index in [1.807, 2.05) is 6.92 Å². The summed E-state index contributed by atoms with van der Waals surface area (Å²) in [6, 6.07) is 1.83. The molecule has 4 heteroatoms. The highest BCUT2D eigenvalue weighted by Gasteiger charge is 2.04. The fourth-order valence-corrected chi connectivity index (χ4v) is 1.32. The first-order valence-corrected chi connectivity index (χ1v) is 4.40. The number of nitrogens with two attached hydrogens (primary N) is 1. The van der Waals surface area contributed by atoms with Crippen molar-refractivity contribution in [3.8, 4) is 0 Å². The van der Waals surface area contributed by atoms with Gasteiger partial charge in [-0.3, -0.25) is 0 Å². The van der Waals surface area contributed by atoms with Gasteiger partial charge in [-0.05, 0) is 25.0 Å². The van der Waals surface area contributed by atoms with Crippen molar-refractivity contribution >= 4 is 23.2 Å². The molecule has 2 N–H and O–H groups in total. The van der Waals surface area contributed by atoms with Crippen LogP contribution >= 0.6 is 23.2 Å². The molecule has 0 saturated heterocycles. The fourth-order valence-electron chi connectivity index (χ4n) is 0.955. The van der Waals surface area contributed by atoms with Crippen LogP contribution in [0.3, 0.4) is 0 Å². The molecule has 0 fully saturated rings. The maximum Gasteiger partial charge on any atom is 0.129 e. The zero-order valence-corrected chi connectivity index (χ0v) is 8.23. The van der Waals surface area contributed by atoms with Gasteiger partial charge in [-0.2, -0.15) is 0 Å². The van der Waals surface area contributed by atoms with Crippen molar-refractivity contribution in [1.29, 1.82) is 0 Å². The normalized spacial score (nSPS) is 13.0. The molecule has 0 bridgehead atoms. The van der Waals surface area contributed by atoms with Crippen LogP contribution in [0.4, 0.5) is 0 Å². The van der Waals surface area contributed by atoms with Crippen molar-refractivity contribution in [2.24, 2.45) is 5.73 Å². The number of hydrogen-bond acceptors (Lipinski definition) is 2. The Balaban J connectivity index is 2.90. The Hall–Kier alpha value is -0.310. The summed E-state index contributed by atoms with van der Waals surface area (Å²) >= 11 is 11.6. The molecule has 0 amide bonds. The van der Waals surface area contributed by atoms with Crippen LogP contribution < -0.4 is 5.73 Å². The van der Waals surface area contributed by atoms with Crippen molar-refractivity contribution in [3.05, 3.63) is 28.0 Å². The van der Waals surface area contributed by atoms with E-state index in [9.17, 15) is 0 Å². The maximum absolute atomic E-state index is 5.86. The lowest BCUT2D eigenvalue weighted by molar-refractivity contribution is 0.737. The Morgan fingerprint density at radius 1 is 1.58 bits per heavy atom. The molecule has 2 nitrogen and oxygen atoms in total. The van der Waals surface area contributed by atoms with Crippen LogP contribution in [0.2, 0.25) is 10.2 Å². The molecule has 12 heavy (non-hydrogen) atoms. The average Bonchev–Trinajstić information content (AvgIpc) is 1.96. The van der Waals surface area contributed by atoms with Crippen LogP contribution in [0, 0.1) is 0 Å². The predicted octanol–water partition coefficient (Wildman–Crippen LogP) is 2.28. The highest BCUT2D eigenvalue weighted by atomic mass is 35.5. The molecule has 0 saturated carbocycles. The first-order chi connectivity index (χ1) is 5.59. The second kappa shape index (κ2) is 4.08. The van der Waals surface area contributed by atoms with E-state index >= 15 is 0 Å². The first kappa shape index (κ1) is 9.78. The van der Waals surface area contributed by atoms with Gasteiger partial charge in [-0.15, -0.1) is 0 Å². The minimum absolute atomic E-state index is 0.0842. The van der Waals surface area contributed by atoms with Gasteiger partial charge < -0.3 is 5.73 Å². The van der Waals surface area contributed by atoms with Gasteiger partial charge in [-0.1, -0.05) is 23.2 Å². The Labute approximate surface area is 81.7 Å². The van der Waals surface area contributed by atoms with Gasteiger partial charge in [-0.25, -0.2) is 4.98 Å². The smallest absolute Gasteiger partial charge is 0.129 e. The maximum atomic E-state index is 5.86. The number of nitrogens with zero attached hydrogens (tertiary/aromatic N) is 1. The van der Waals surface area contributed by atoms with Gasteiger partial charge in [0.2, 0.25) is 0 Å². The highest BCUT2D eigenvalue weighted by Crippen LogP contribution is 2.18. The molecule has 66 valence electrons. The van der Waals surface area contributed by atoms with Crippen molar-refractivity contribution in [3.63, 3.8) is 0 Å². The van der Waals surface area contributed by atoms with Gasteiger partial charge in [0.05, 0.1) is 5.02 Å². The summed E-state index contributed by atoms with van der Waals surface area (Å²) < 4.78 is 0. The van der Waals surface area contributed by atoms with Crippen LogP contribution in [0.1, 0.15) is 12.5 Å². The molecule has 1 aromatic heterocycles. The molecule has 1 atom stereocenters. The second-order valence-corrected chi connectivity index (χ2v) is 3.57. The number of pyridine rings is 1. The summed E-state index contributed by atoms with van der Waals surface area (Å²) in [5.41, 5.74) is 6.57. The summed E-state index contributed by atoms with van der Waals surface area (Å²) in [5.74, 6) is 0. The van der Waals surface area contributed by atoms with Crippen LogP contribution in [0.15, 0.2) is 12.3 Å². The summed E-state index contributed by atoms with van der Waals surface area (Å²) in [6.45, 7) is 1.92. The lowest BCUT2D eigenvalue weighted by atomic mass is 10.1. The SMILES string of the molecule is C[C@@H](N)Cc1cc(Cl)ncc1Cl. The zero-order valence-electron chi connectivity index (χ0n) is 6.72. The van der Waals surface area contributed by atoms with Crippen molar-refractivity contribution in [2.75, 3.05) is 0 Å². The van der Waals surface area contributed by atoms with Gasteiger partial charge in [0.15, 0.2) is 0 Å². The molecule has 0 aliphatic heterocycles. The standard InChI is InChI=1S/C8H10Cl2N2/c1-5(11)2-6-3-8(10)12-4-7(6)9/h3-5H,2,11H2,1H3/t5-/m1/s1. The molecule has 1 rings (SSSR count). The van der Waals surface area contributed by atoms with Crippen LogP contribution in [0.25, 0.3) is 0 Å². The molecule has 0 aliphatic carbocycles. The Kier molecular flexibility index (Phi) is 3.32. The van der Waals surface area contributed by atoms with E-state index < -0.39 is 0 Å². The molecule has 1 aromatic rings. The lowest BCUT2D eigenvalue weighted by Gasteiger charge is -2.06. The summed E-state index contributed by atoms with van der Waals surface area (Å²) in [5, 5.41) is 1.08. The van der Waals surface area contributed by atoms with Gasteiger partial charge >= 0.3 is 0 Å². The Bertz CT molecular complexity index is 274. The monoisotopic (exact) mass is 204 g/mol. The third-order valence-corrected chi connectivity index (χ3v) is 1.99. The third-order valence-electron chi connectivity index (χ3n) is 1.44. The van der Waals surface area contributed by atoms with Crippen LogP contribution in [-0.2, 0) is 6.42 Å². The van der Waals surface area contributed by atoms with Gasteiger partial charge in [0.25, 0.3) is 0 Å². The van der Waals surface area contributed by atoms with Crippen molar-refractivity contribution < 1.29 is 0 Å². The number of aromatic nitrogens is 1. The van der Waals surface area contributed by atoms with E-state index in [4.69, 9.17) is 28.9 Å². The van der Waals surface area contributed by atoms with Crippen LogP contribution in [0.5, 0.6) is 0 Å². The summed E-state index contributed by atoms with van der Waals surface area (Å²) in [7, 11) is 0. The molecule has 0 unspecified atom stereocenters. The Morgan fingerprint density at radius 3 is 2.83 bits per heavy atom. The van der Waals surface area contributed by atoms with Crippen LogP contribution in [-0.4, -0.2) is 11.0 Å². The minimum Gasteiger partial charge on any atom is -0.328 e. The number of halogens is 2. The molecule has 0 aliphatic rings. The Morgan fingerprint density at radius 2 is 2.25 bits per heavy atom. The first-order valence-electron chi connectivity index (χ1n) is 3.65. The summed E-state index contributed by atoms with van der Waals surface area (Å²) in [6.07, 6.45) is 2.27. The van der Waals surface area contributed by atoms with E-state index in [0.717, 1.165) is 12.0 Å². The third kappa shape index (κ3) is 2.63. The molecule has 1 heterocycles. The van der Waals surface area contributed by atoms with E-state index in [-0.39, 0.29) is 6.04 Å². The van der Waals surface area contributed by atoms with E-state index in [1.54, 1.807) is 12.3 Å². The zero-order chi connectivity index (χ0) is 9.14. The summed E-state index contributed by atoms with van der Waals surface area (Å²) in [4.78, 5) is 3.84. The van der Waals surface area contributed by atoms with Gasteiger partial charge in [0.1, 0.15) is 5.15 Å². The van der Waals surface area contributed by atoms with E-state index in [1.165, 1.54) is 0 Å². The average molecular weight is 205 g/mol. The quantitative estimate of drug-likeness (QED) is 0.752. The highest BCUT2D eigenvalue weighted by molar-refractivity contribution is 6.32. The lowest BCUT2D eigenvalue weighted by Crippen LogP contribution is -2.18. The second-order valence-electron chi connectivity index (χ2n) is 2.78. The molecular formula is C8H10Cl2N2. The molecule has 0 spiro atoms. The van der Waals surface area contributed by atoms with Gasteiger partial charge in [0, 0.05) is 12.2 Å². The number of hydrogen-bond donors (Lipinski definition) is 1.